The zero-order valence-electron chi connectivity index (χ0n) is 19.0. The number of H-pyrrole nitrogens is 1. The van der Waals surface area contributed by atoms with Crippen molar-refractivity contribution in [1.82, 2.24) is 14.9 Å². The molecule has 1 amide bonds. The van der Waals surface area contributed by atoms with Gasteiger partial charge in [0.05, 0.1) is 23.5 Å². The maximum absolute atomic E-state index is 13.0. The average Bonchev–Trinajstić information content (AvgIpc) is 2.80. The maximum atomic E-state index is 13.0. The topological polar surface area (TPSA) is 116 Å². The van der Waals surface area contributed by atoms with Crippen molar-refractivity contribution in [2.45, 2.75) is 32.2 Å². The van der Waals surface area contributed by atoms with E-state index in [1.807, 2.05) is 17.9 Å². The van der Waals surface area contributed by atoms with Gasteiger partial charge in [-0.25, -0.2) is 4.98 Å². The molecule has 1 atom stereocenters. The number of nitrogens with zero attached hydrogens (tertiary/aromatic N) is 2. The molecule has 2 heterocycles. The fourth-order valence-corrected chi connectivity index (χ4v) is 5.03. The van der Waals surface area contributed by atoms with Crippen LogP contribution in [-0.2, 0) is 11.2 Å². The van der Waals surface area contributed by atoms with Gasteiger partial charge in [0.15, 0.2) is 0 Å². The lowest BCUT2D eigenvalue weighted by atomic mass is 9.93. The Balaban J connectivity index is 1.44. The molecule has 5 N–H and O–H groups in total. The Bertz CT molecular complexity index is 1260. The van der Waals surface area contributed by atoms with E-state index in [1.54, 1.807) is 24.3 Å². The molecular formula is C24H28Cl2N6O2. The number of aromatic nitrogens is 2. The molecule has 1 aromatic heterocycles. The Kier molecular flexibility index (Phi) is 7.60. The molecular weight excluding hydrogens is 475 g/mol. The summed E-state index contributed by atoms with van der Waals surface area (Å²) in [4.78, 5) is 34.5. The number of unbranched alkanes of at least 4 members (excludes halogenated alkanes) is 1. The zero-order valence-corrected chi connectivity index (χ0v) is 20.5. The van der Waals surface area contributed by atoms with Gasteiger partial charge in [0.1, 0.15) is 0 Å². The number of hydrogen-bond acceptors (Lipinski definition) is 6. The quantitative estimate of drug-likeness (QED) is 0.346. The average molecular weight is 503 g/mol. The Hall–Kier alpha value is -2.81. The summed E-state index contributed by atoms with van der Waals surface area (Å²) in [6, 6.07) is 8.74. The first-order chi connectivity index (χ1) is 16.4. The van der Waals surface area contributed by atoms with Crippen LogP contribution in [0, 0.1) is 0 Å². The summed E-state index contributed by atoms with van der Waals surface area (Å²) < 4.78 is 0. The summed E-state index contributed by atoms with van der Waals surface area (Å²) in [5.41, 5.74) is 8.59. The largest absolute Gasteiger partial charge is 0.376 e. The molecule has 4 rings (SSSR count). The Morgan fingerprint density at radius 3 is 2.85 bits per heavy atom. The van der Waals surface area contributed by atoms with Crippen LogP contribution in [0.4, 0.5) is 11.6 Å². The monoisotopic (exact) mass is 502 g/mol. The molecule has 0 spiro atoms. The first-order valence-corrected chi connectivity index (χ1v) is 12.1. The summed E-state index contributed by atoms with van der Waals surface area (Å²) in [5, 5.41) is 7.97. The summed E-state index contributed by atoms with van der Waals surface area (Å²) in [5.74, 6) is 0.380. The molecule has 0 saturated heterocycles. The van der Waals surface area contributed by atoms with Crippen LogP contribution in [0.5, 0.6) is 0 Å². The minimum atomic E-state index is -0.216. The van der Waals surface area contributed by atoms with Crippen molar-refractivity contribution in [3.8, 4) is 0 Å². The third-order valence-corrected chi connectivity index (χ3v) is 6.61. The van der Waals surface area contributed by atoms with Crippen molar-refractivity contribution in [2.24, 2.45) is 5.73 Å². The highest BCUT2D eigenvalue weighted by Crippen LogP contribution is 2.36. The highest BCUT2D eigenvalue weighted by atomic mass is 35.5. The van der Waals surface area contributed by atoms with E-state index in [4.69, 9.17) is 28.9 Å². The van der Waals surface area contributed by atoms with Gasteiger partial charge < -0.3 is 21.3 Å². The number of nitrogens with one attached hydrogen (secondary N) is 3. The number of carbonyl (C=O) groups is 1. The van der Waals surface area contributed by atoms with Crippen LogP contribution in [-0.4, -0.2) is 47.0 Å². The Labute approximate surface area is 207 Å². The molecule has 0 fully saturated rings. The zero-order chi connectivity index (χ0) is 24.2. The number of nitrogens with two attached hydrogens (primary N) is 1. The maximum Gasteiger partial charge on any atom is 0.260 e. The first-order valence-electron chi connectivity index (χ1n) is 11.4. The number of aromatic amines is 1. The Morgan fingerprint density at radius 2 is 2.06 bits per heavy atom. The third kappa shape index (κ3) is 5.29. The number of halogens is 2. The molecule has 2 aromatic carbocycles. The highest BCUT2D eigenvalue weighted by molar-refractivity contribution is 6.35. The van der Waals surface area contributed by atoms with Gasteiger partial charge in [-0.3, -0.25) is 14.6 Å². The van der Waals surface area contributed by atoms with Crippen molar-refractivity contribution in [2.75, 3.05) is 36.8 Å². The lowest BCUT2D eigenvalue weighted by molar-refractivity contribution is -0.131. The van der Waals surface area contributed by atoms with Crippen LogP contribution in [0.1, 0.15) is 36.9 Å². The van der Waals surface area contributed by atoms with Gasteiger partial charge in [0, 0.05) is 28.8 Å². The van der Waals surface area contributed by atoms with Crippen molar-refractivity contribution < 1.29 is 4.79 Å². The predicted molar refractivity (Wildman–Crippen MR) is 138 cm³/mol. The normalized spacial score (nSPS) is 15.3. The summed E-state index contributed by atoms with van der Waals surface area (Å²) in [6.45, 7) is 3.99. The van der Waals surface area contributed by atoms with Crippen LogP contribution in [0.15, 0.2) is 35.1 Å². The van der Waals surface area contributed by atoms with Gasteiger partial charge in [-0.2, -0.15) is 0 Å². The molecule has 180 valence electrons. The van der Waals surface area contributed by atoms with Gasteiger partial charge in [-0.15, -0.1) is 0 Å². The molecule has 1 aliphatic rings. The second kappa shape index (κ2) is 10.6. The molecule has 0 saturated carbocycles. The summed E-state index contributed by atoms with van der Waals surface area (Å²) in [6.07, 6.45) is 2.49. The van der Waals surface area contributed by atoms with Gasteiger partial charge in [-0.05, 0) is 74.2 Å². The van der Waals surface area contributed by atoms with Gasteiger partial charge in [0.25, 0.3) is 5.56 Å². The number of amides is 1. The molecule has 0 radical (unpaired) electrons. The standard InChI is InChI=1S/C24H28Cl2N6O2/c1-14-22-15(10-16(25)11-19(22)26)6-9-32(14)21(33)13-29-17-4-5-18-20(12-17)30-24(31-23(18)34)28-8-3-2-7-27/h4-5,10-12,14,29H,2-3,6-9,13,27H2,1H3,(H2,28,30,31,34). The smallest absolute Gasteiger partial charge is 0.260 e. The van der Waals surface area contributed by atoms with Gasteiger partial charge >= 0.3 is 0 Å². The Morgan fingerprint density at radius 1 is 1.24 bits per heavy atom. The minimum absolute atomic E-state index is 0.0367. The highest BCUT2D eigenvalue weighted by Gasteiger charge is 2.29. The van der Waals surface area contributed by atoms with E-state index in [2.05, 4.69) is 20.6 Å². The molecule has 1 unspecified atom stereocenters. The predicted octanol–water partition coefficient (Wildman–Crippen LogP) is 3.94. The van der Waals surface area contributed by atoms with E-state index in [-0.39, 0.29) is 24.1 Å². The fourth-order valence-electron chi connectivity index (χ4n) is 4.33. The second-order valence-electron chi connectivity index (χ2n) is 8.40. The number of carbonyl (C=O) groups excluding carboxylic acids is 1. The molecule has 34 heavy (non-hydrogen) atoms. The van der Waals surface area contributed by atoms with E-state index in [0.717, 1.165) is 24.0 Å². The van der Waals surface area contributed by atoms with Crippen LogP contribution >= 0.6 is 23.2 Å². The minimum Gasteiger partial charge on any atom is -0.376 e. The number of benzene rings is 2. The second-order valence-corrected chi connectivity index (χ2v) is 9.24. The van der Waals surface area contributed by atoms with Gasteiger partial charge in [-0.1, -0.05) is 23.2 Å². The number of hydrogen-bond donors (Lipinski definition) is 4. The molecule has 0 aliphatic carbocycles. The molecule has 1 aliphatic heterocycles. The third-order valence-electron chi connectivity index (χ3n) is 6.08. The van der Waals surface area contributed by atoms with Crippen molar-refractivity contribution in [3.63, 3.8) is 0 Å². The van der Waals surface area contributed by atoms with Crippen molar-refractivity contribution in [1.29, 1.82) is 0 Å². The van der Waals surface area contributed by atoms with Crippen LogP contribution in [0.25, 0.3) is 10.9 Å². The number of rotatable bonds is 8. The van der Waals surface area contributed by atoms with Crippen LogP contribution in [0.3, 0.4) is 0 Å². The fraction of sp³-hybridized carbons (Fsp3) is 0.375. The molecule has 3 aromatic rings. The number of fused-ring (bicyclic) bond motifs is 2. The molecule has 10 heteroatoms. The first kappa shape index (κ1) is 24.3. The van der Waals surface area contributed by atoms with Crippen LogP contribution < -0.4 is 21.9 Å². The number of anilines is 2. The molecule has 0 bridgehead atoms. The van der Waals surface area contributed by atoms with Crippen LogP contribution in [0.2, 0.25) is 10.0 Å². The molecule has 8 nitrogen and oxygen atoms in total. The van der Waals surface area contributed by atoms with E-state index in [0.29, 0.717) is 58.6 Å². The van der Waals surface area contributed by atoms with Crippen molar-refractivity contribution >= 4 is 51.6 Å². The van der Waals surface area contributed by atoms with E-state index >= 15 is 0 Å². The SMILES string of the molecule is CC1c2c(Cl)cc(Cl)cc2CCN1C(=O)CNc1ccc2c(=O)[nH]c(NCCCCN)nc2c1. The van der Waals surface area contributed by atoms with E-state index in [9.17, 15) is 9.59 Å². The lowest BCUT2D eigenvalue weighted by Crippen LogP contribution is -2.41. The summed E-state index contributed by atoms with van der Waals surface area (Å²) >= 11 is 12.6. The van der Waals surface area contributed by atoms with E-state index < -0.39 is 0 Å². The van der Waals surface area contributed by atoms with Gasteiger partial charge in [0.2, 0.25) is 11.9 Å². The summed E-state index contributed by atoms with van der Waals surface area (Å²) in [7, 11) is 0. The van der Waals surface area contributed by atoms with Crippen molar-refractivity contribution in [3.05, 3.63) is 61.9 Å². The van der Waals surface area contributed by atoms with E-state index in [1.165, 1.54) is 0 Å². The lowest BCUT2D eigenvalue weighted by Gasteiger charge is -2.36.